The Kier molecular flexibility index (Phi) is 4.84. The molecule has 5 nitrogen and oxygen atoms in total. The van der Waals surface area contributed by atoms with Crippen LogP contribution in [-0.2, 0) is 6.61 Å². The number of hydrogen-bond acceptors (Lipinski definition) is 4. The van der Waals surface area contributed by atoms with E-state index in [2.05, 4.69) is 10.3 Å². The Morgan fingerprint density at radius 2 is 1.83 bits per heavy atom. The van der Waals surface area contributed by atoms with Crippen LogP contribution in [-0.4, -0.2) is 16.0 Å². The minimum Gasteiger partial charge on any atom is -0.457 e. The van der Waals surface area contributed by atoms with Crippen LogP contribution in [0.3, 0.4) is 0 Å². The number of anilines is 1. The molecule has 3 rings (SSSR count). The molecule has 0 fully saturated rings. The molecule has 1 amide bonds. The topological polar surface area (TPSA) is 71.5 Å². The highest BCUT2D eigenvalue weighted by atomic mass is 16.5. The molecule has 2 N–H and O–H groups in total. The van der Waals surface area contributed by atoms with E-state index in [0.29, 0.717) is 28.3 Å². The summed E-state index contributed by atoms with van der Waals surface area (Å²) < 4.78 is 5.73. The van der Waals surface area contributed by atoms with Gasteiger partial charge in [0.1, 0.15) is 11.5 Å². The highest BCUT2D eigenvalue weighted by molar-refractivity contribution is 6.04. The third-order valence-corrected chi connectivity index (χ3v) is 3.41. The molecular weight excluding hydrogens is 304 g/mol. The number of para-hydroxylation sites is 1. The Morgan fingerprint density at radius 1 is 1.04 bits per heavy atom. The Labute approximate surface area is 139 Å². The predicted molar refractivity (Wildman–Crippen MR) is 91.1 cm³/mol. The number of benzene rings is 2. The third kappa shape index (κ3) is 3.77. The van der Waals surface area contributed by atoms with Crippen molar-refractivity contribution in [2.75, 3.05) is 5.32 Å². The molecule has 0 radical (unpaired) electrons. The number of nitrogens with zero attached hydrogens (tertiary/aromatic N) is 1. The van der Waals surface area contributed by atoms with E-state index >= 15 is 0 Å². The van der Waals surface area contributed by atoms with Gasteiger partial charge in [0.25, 0.3) is 5.91 Å². The van der Waals surface area contributed by atoms with E-state index in [-0.39, 0.29) is 12.5 Å². The van der Waals surface area contributed by atoms with Crippen molar-refractivity contribution >= 4 is 11.6 Å². The molecule has 0 spiro atoms. The molecule has 3 aromatic rings. The Bertz CT molecular complexity index is 835. The zero-order valence-electron chi connectivity index (χ0n) is 12.8. The second-order valence-electron chi connectivity index (χ2n) is 5.09. The minimum absolute atomic E-state index is 0.171. The first-order valence-corrected chi connectivity index (χ1v) is 7.44. The lowest BCUT2D eigenvalue weighted by molar-refractivity contribution is 0.102. The normalized spacial score (nSPS) is 10.2. The van der Waals surface area contributed by atoms with Crippen LogP contribution < -0.4 is 10.1 Å². The third-order valence-electron chi connectivity index (χ3n) is 3.41. The van der Waals surface area contributed by atoms with Crippen LogP contribution in [0.1, 0.15) is 15.9 Å². The van der Waals surface area contributed by atoms with Crippen molar-refractivity contribution in [3.8, 4) is 11.5 Å². The number of aliphatic hydroxyl groups is 1. The smallest absolute Gasteiger partial charge is 0.255 e. The Hall–Kier alpha value is -3.18. The van der Waals surface area contributed by atoms with Crippen molar-refractivity contribution in [2.24, 2.45) is 0 Å². The van der Waals surface area contributed by atoms with Crippen LogP contribution in [0.5, 0.6) is 11.5 Å². The Morgan fingerprint density at radius 3 is 2.62 bits per heavy atom. The largest absolute Gasteiger partial charge is 0.457 e. The van der Waals surface area contributed by atoms with E-state index in [1.807, 2.05) is 30.3 Å². The molecule has 0 bridgehead atoms. The lowest BCUT2D eigenvalue weighted by atomic mass is 10.2. The van der Waals surface area contributed by atoms with Gasteiger partial charge in [-0.15, -0.1) is 0 Å². The molecule has 24 heavy (non-hydrogen) atoms. The first kappa shape index (κ1) is 15.7. The van der Waals surface area contributed by atoms with Crippen LogP contribution in [0.2, 0.25) is 0 Å². The summed E-state index contributed by atoms with van der Waals surface area (Å²) in [4.78, 5) is 16.4. The van der Waals surface area contributed by atoms with Crippen LogP contribution in [0, 0.1) is 0 Å². The number of hydrogen-bond donors (Lipinski definition) is 2. The second kappa shape index (κ2) is 7.39. The quantitative estimate of drug-likeness (QED) is 0.753. The van der Waals surface area contributed by atoms with Gasteiger partial charge in [0.2, 0.25) is 0 Å². The Balaban J connectivity index is 1.77. The maximum Gasteiger partial charge on any atom is 0.255 e. The number of rotatable bonds is 5. The summed E-state index contributed by atoms with van der Waals surface area (Å²) in [7, 11) is 0. The summed E-state index contributed by atoms with van der Waals surface area (Å²) in [6, 6.07) is 17.9. The van der Waals surface area contributed by atoms with Crippen LogP contribution >= 0.6 is 0 Å². The summed E-state index contributed by atoms with van der Waals surface area (Å²) in [5, 5.41) is 12.1. The molecule has 5 heteroatoms. The predicted octanol–water partition coefficient (Wildman–Crippen LogP) is 3.62. The summed E-state index contributed by atoms with van der Waals surface area (Å²) in [5.74, 6) is 0.975. The standard InChI is InChI=1S/C19H16N2O3/c22-13-15-9-10-20-12-18(15)21-19(23)14-5-4-8-17(11-14)24-16-6-2-1-3-7-16/h1-12,22H,13H2,(H,21,23). The maximum atomic E-state index is 12.4. The lowest BCUT2D eigenvalue weighted by Gasteiger charge is -2.10. The van der Waals surface area contributed by atoms with Gasteiger partial charge in [-0.25, -0.2) is 0 Å². The molecule has 0 aliphatic rings. The summed E-state index contributed by atoms with van der Waals surface area (Å²) in [5.41, 5.74) is 1.55. The minimum atomic E-state index is -0.295. The maximum absolute atomic E-state index is 12.4. The molecule has 1 aromatic heterocycles. The number of ether oxygens (including phenoxy) is 1. The highest BCUT2D eigenvalue weighted by Crippen LogP contribution is 2.22. The van der Waals surface area contributed by atoms with Crippen LogP contribution in [0.25, 0.3) is 0 Å². The lowest BCUT2D eigenvalue weighted by Crippen LogP contribution is -2.13. The number of nitrogens with one attached hydrogen (secondary N) is 1. The number of amides is 1. The molecule has 0 saturated carbocycles. The number of aliphatic hydroxyl groups excluding tert-OH is 1. The molecule has 0 atom stereocenters. The molecule has 0 aliphatic heterocycles. The monoisotopic (exact) mass is 320 g/mol. The van der Waals surface area contributed by atoms with Gasteiger partial charge in [-0.05, 0) is 36.4 Å². The highest BCUT2D eigenvalue weighted by Gasteiger charge is 2.10. The van der Waals surface area contributed by atoms with Crippen molar-refractivity contribution in [3.63, 3.8) is 0 Å². The first-order chi connectivity index (χ1) is 11.8. The van der Waals surface area contributed by atoms with Gasteiger partial charge >= 0.3 is 0 Å². The van der Waals surface area contributed by atoms with Crippen LogP contribution in [0.4, 0.5) is 5.69 Å². The number of carbonyl (C=O) groups is 1. The van der Waals surface area contributed by atoms with Gasteiger partial charge in [-0.2, -0.15) is 0 Å². The van der Waals surface area contributed by atoms with Gasteiger partial charge in [-0.1, -0.05) is 24.3 Å². The fourth-order valence-corrected chi connectivity index (χ4v) is 2.19. The number of aromatic nitrogens is 1. The van der Waals surface area contributed by atoms with E-state index in [1.165, 1.54) is 6.20 Å². The fraction of sp³-hybridized carbons (Fsp3) is 0.0526. The van der Waals surface area contributed by atoms with E-state index < -0.39 is 0 Å². The van der Waals surface area contributed by atoms with Crippen molar-refractivity contribution in [2.45, 2.75) is 6.61 Å². The van der Waals surface area contributed by atoms with E-state index in [0.717, 1.165) is 0 Å². The van der Waals surface area contributed by atoms with Gasteiger partial charge in [0.15, 0.2) is 0 Å². The van der Waals surface area contributed by atoms with Crippen molar-refractivity contribution in [3.05, 3.63) is 84.2 Å². The van der Waals surface area contributed by atoms with Crippen molar-refractivity contribution in [1.29, 1.82) is 0 Å². The molecule has 120 valence electrons. The zero-order chi connectivity index (χ0) is 16.8. The van der Waals surface area contributed by atoms with E-state index in [4.69, 9.17) is 4.74 Å². The molecule has 0 unspecified atom stereocenters. The fourth-order valence-electron chi connectivity index (χ4n) is 2.19. The average molecular weight is 320 g/mol. The summed E-state index contributed by atoms with van der Waals surface area (Å²) >= 11 is 0. The van der Waals surface area contributed by atoms with Crippen LogP contribution in [0.15, 0.2) is 73.1 Å². The van der Waals surface area contributed by atoms with E-state index in [9.17, 15) is 9.90 Å². The SMILES string of the molecule is O=C(Nc1cnccc1CO)c1cccc(Oc2ccccc2)c1. The van der Waals surface area contributed by atoms with Gasteiger partial charge < -0.3 is 15.2 Å². The average Bonchev–Trinajstić information content (AvgIpc) is 2.63. The molecule has 0 saturated heterocycles. The van der Waals surface area contributed by atoms with Gasteiger partial charge in [-0.3, -0.25) is 9.78 Å². The molecule has 1 heterocycles. The second-order valence-corrected chi connectivity index (χ2v) is 5.09. The molecule has 0 aliphatic carbocycles. The van der Waals surface area contributed by atoms with Gasteiger partial charge in [0.05, 0.1) is 18.5 Å². The van der Waals surface area contributed by atoms with E-state index in [1.54, 1.807) is 36.5 Å². The summed E-state index contributed by atoms with van der Waals surface area (Å²) in [6.07, 6.45) is 3.07. The molecule has 2 aromatic carbocycles. The zero-order valence-corrected chi connectivity index (χ0v) is 12.8. The van der Waals surface area contributed by atoms with Crippen molar-refractivity contribution in [1.82, 2.24) is 4.98 Å². The van der Waals surface area contributed by atoms with Gasteiger partial charge in [0, 0.05) is 17.3 Å². The summed E-state index contributed by atoms with van der Waals surface area (Å²) in [6.45, 7) is -0.171. The molecular formula is C19H16N2O3. The first-order valence-electron chi connectivity index (χ1n) is 7.44. The van der Waals surface area contributed by atoms with Crippen molar-refractivity contribution < 1.29 is 14.6 Å². The number of carbonyl (C=O) groups excluding carboxylic acids is 1. The number of pyridine rings is 1.